The zero-order valence-corrected chi connectivity index (χ0v) is 13.9. The third-order valence-corrected chi connectivity index (χ3v) is 4.92. The van der Waals surface area contributed by atoms with Gasteiger partial charge in [-0.2, -0.15) is 0 Å². The van der Waals surface area contributed by atoms with Crippen molar-refractivity contribution in [1.82, 2.24) is 0 Å². The highest BCUT2D eigenvalue weighted by Gasteiger charge is 2.13. The fraction of sp³-hybridized carbons (Fsp3) is 0.143. The Balaban J connectivity index is 0.000000347. The molecular formula is C14H14ClIO4. The van der Waals surface area contributed by atoms with E-state index < -0.39 is 10.2 Å². The molecule has 0 fully saturated rings. The highest BCUT2D eigenvalue weighted by molar-refractivity contribution is 5.13. The first kappa shape index (κ1) is 17.4. The molecule has 2 rings (SSSR count). The zero-order chi connectivity index (χ0) is 15.2. The Bertz CT molecular complexity index is 471. The van der Waals surface area contributed by atoms with Crippen molar-refractivity contribution in [3.8, 4) is 0 Å². The van der Waals surface area contributed by atoms with E-state index in [0.29, 0.717) is 0 Å². The summed E-state index contributed by atoms with van der Waals surface area (Å²) in [6.07, 6.45) is 0. The summed E-state index contributed by atoms with van der Waals surface area (Å²) in [5.74, 6) is 0. The van der Waals surface area contributed by atoms with Gasteiger partial charge in [-0.3, -0.25) is 0 Å². The Hall–Kier alpha value is -0.700. The minimum atomic E-state index is -4.94. The standard InChI is InChI=1S/C14H14I.ClHO4/c1-11-3-7-13(8-4-11)15-14-9-5-12(2)6-10-14;2-1(3,4)5/h3-10H,1-2H3;(H,2,3,4,5)/q+1;/p-1. The Morgan fingerprint density at radius 1 is 0.650 bits per heavy atom. The van der Waals surface area contributed by atoms with Gasteiger partial charge in [0, 0.05) is 0 Å². The number of hydrogen-bond donors (Lipinski definition) is 0. The van der Waals surface area contributed by atoms with E-state index in [9.17, 15) is 0 Å². The maximum absolute atomic E-state index is 8.49. The molecule has 0 aliphatic carbocycles. The summed E-state index contributed by atoms with van der Waals surface area (Å²) in [6, 6.07) is 17.8. The Kier molecular flexibility index (Phi) is 6.87. The molecule has 0 aliphatic rings. The highest BCUT2D eigenvalue weighted by Crippen LogP contribution is 1.95. The maximum atomic E-state index is 8.49. The number of halogens is 2. The molecule has 0 heterocycles. The third kappa shape index (κ3) is 8.47. The largest absolute Gasteiger partial charge is 0.357 e. The lowest BCUT2D eigenvalue weighted by molar-refractivity contribution is -2.00. The topological polar surface area (TPSA) is 92.2 Å². The van der Waals surface area contributed by atoms with Gasteiger partial charge in [0.05, 0.1) is 0 Å². The van der Waals surface area contributed by atoms with Crippen molar-refractivity contribution in [2.75, 3.05) is 0 Å². The molecule has 0 aromatic heterocycles. The molecule has 4 nitrogen and oxygen atoms in total. The summed E-state index contributed by atoms with van der Waals surface area (Å²) in [6.45, 7) is 4.27. The summed E-state index contributed by atoms with van der Waals surface area (Å²) in [4.78, 5) is 0. The monoisotopic (exact) mass is 408 g/mol. The maximum Gasteiger partial charge on any atom is 0.357 e. The lowest BCUT2D eigenvalue weighted by atomic mass is 10.2. The first-order valence-electron chi connectivity index (χ1n) is 5.64. The fourth-order valence-corrected chi connectivity index (χ4v) is 3.48. The second-order valence-corrected chi connectivity index (χ2v) is 7.85. The van der Waals surface area contributed by atoms with E-state index in [1.54, 1.807) is 0 Å². The first-order valence-corrected chi connectivity index (χ1v) is 9.03. The Morgan fingerprint density at radius 2 is 0.900 bits per heavy atom. The van der Waals surface area contributed by atoms with Gasteiger partial charge in [-0.25, -0.2) is 18.6 Å². The van der Waals surface area contributed by atoms with Crippen molar-refractivity contribution >= 4 is 0 Å². The van der Waals surface area contributed by atoms with Crippen LogP contribution in [0.1, 0.15) is 11.1 Å². The average Bonchev–Trinajstić information content (AvgIpc) is 2.33. The molecule has 2 aromatic carbocycles. The molecule has 0 aliphatic heterocycles. The van der Waals surface area contributed by atoms with Crippen LogP contribution in [0.3, 0.4) is 0 Å². The van der Waals surface area contributed by atoms with Crippen molar-refractivity contribution in [3.63, 3.8) is 0 Å². The van der Waals surface area contributed by atoms with E-state index in [1.807, 2.05) is 0 Å². The molecule has 0 atom stereocenters. The van der Waals surface area contributed by atoms with Crippen LogP contribution in [0, 0.1) is 31.2 Å². The summed E-state index contributed by atoms with van der Waals surface area (Å²) in [5.41, 5.74) is 2.68. The van der Waals surface area contributed by atoms with E-state index in [1.165, 1.54) is 18.3 Å². The molecule has 0 saturated heterocycles. The van der Waals surface area contributed by atoms with Gasteiger partial charge >= 0.3 is 21.2 Å². The Morgan fingerprint density at radius 3 is 1.15 bits per heavy atom. The molecule has 0 unspecified atom stereocenters. The number of aryl methyl sites for hydroxylation is 2. The molecule has 2 aromatic rings. The van der Waals surface area contributed by atoms with Crippen LogP contribution in [-0.2, 0) is 0 Å². The van der Waals surface area contributed by atoms with Crippen LogP contribution in [0.2, 0.25) is 0 Å². The molecule has 0 N–H and O–H groups in total. The van der Waals surface area contributed by atoms with Crippen LogP contribution in [0.4, 0.5) is 0 Å². The molecule has 0 amide bonds. The van der Waals surface area contributed by atoms with Crippen LogP contribution in [0.25, 0.3) is 0 Å². The summed E-state index contributed by atoms with van der Waals surface area (Å²) >= 11 is 0.00313. The number of benzene rings is 2. The van der Waals surface area contributed by atoms with Crippen LogP contribution in [-0.4, -0.2) is 0 Å². The molecule has 0 radical (unpaired) electrons. The fourth-order valence-electron chi connectivity index (χ4n) is 1.32. The summed E-state index contributed by atoms with van der Waals surface area (Å²) < 4.78 is 37.0. The quantitative estimate of drug-likeness (QED) is 0.470. The minimum Gasteiger partial charge on any atom is -0.222 e. The summed E-state index contributed by atoms with van der Waals surface area (Å²) in [7, 11) is -4.94. The van der Waals surface area contributed by atoms with Gasteiger partial charge in [0.1, 0.15) is 0 Å². The molecule has 108 valence electrons. The van der Waals surface area contributed by atoms with E-state index >= 15 is 0 Å². The SMILES string of the molecule is Cc1ccc([I+]c2ccc(C)cc2)cc1.[O-][Cl+3]([O-])([O-])[O-]. The molecule has 0 saturated carbocycles. The first-order chi connectivity index (χ1) is 9.24. The second-order valence-electron chi connectivity index (χ2n) is 4.06. The normalized spacial score (nSPS) is 10.7. The lowest BCUT2D eigenvalue weighted by Gasteiger charge is -2.17. The highest BCUT2D eigenvalue weighted by atomic mass is 127. The zero-order valence-electron chi connectivity index (χ0n) is 11.0. The smallest absolute Gasteiger partial charge is 0.222 e. The van der Waals surface area contributed by atoms with E-state index in [2.05, 4.69) is 62.4 Å². The molecule has 0 spiro atoms. The van der Waals surface area contributed by atoms with Gasteiger partial charge in [0.15, 0.2) is 7.14 Å². The van der Waals surface area contributed by atoms with Crippen molar-refractivity contribution < 1.29 is 50.1 Å². The van der Waals surface area contributed by atoms with Crippen molar-refractivity contribution in [1.29, 1.82) is 0 Å². The van der Waals surface area contributed by atoms with E-state index in [-0.39, 0.29) is 21.2 Å². The second kappa shape index (κ2) is 7.92. The lowest BCUT2D eigenvalue weighted by Crippen LogP contribution is -3.61. The summed E-state index contributed by atoms with van der Waals surface area (Å²) in [5, 5.41) is 0. The number of hydrogen-bond acceptors (Lipinski definition) is 4. The van der Waals surface area contributed by atoms with Gasteiger partial charge in [0.25, 0.3) is 0 Å². The average molecular weight is 409 g/mol. The van der Waals surface area contributed by atoms with Crippen LogP contribution >= 0.6 is 0 Å². The number of rotatable bonds is 2. The van der Waals surface area contributed by atoms with Crippen molar-refractivity contribution in [2.24, 2.45) is 0 Å². The minimum absolute atomic E-state index is 0.00313. The molecular weight excluding hydrogens is 395 g/mol. The van der Waals surface area contributed by atoms with Crippen LogP contribution in [0.5, 0.6) is 0 Å². The van der Waals surface area contributed by atoms with Gasteiger partial charge in [-0.15, -0.1) is 10.2 Å². The van der Waals surface area contributed by atoms with Gasteiger partial charge < -0.3 is 0 Å². The van der Waals surface area contributed by atoms with Gasteiger partial charge in [-0.05, 0) is 38.1 Å². The van der Waals surface area contributed by atoms with Crippen molar-refractivity contribution in [3.05, 3.63) is 66.8 Å². The predicted octanol–water partition coefficient (Wildman–Crippen LogP) is -4.32. The van der Waals surface area contributed by atoms with Crippen LogP contribution < -0.4 is 39.8 Å². The van der Waals surface area contributed by atoms with E-state index in [4.69, 9.17) is 18.6 Å². The molecule has 0 bridgehead atoms. The van der Waals surface area contributed by atoms with Crippen LogP contribution in [0.15, 0.2) is 48.5 Å². The van der Waals surface area contributed by atoms with Gasteiger partial charge in [0.2, 0.25) is 0 Å². The third-order valence-electron chi connectivity index (χ3n) is 2.24. The molecule has 6 heteroatoms. The Labute approximate surface area is 130 Å². The van der Waals surface area contributed by atoms with Gasteiger partial charge in [-0.1, -0.05) is 35.4 Å². The predicted molar refractivity (Wildman–Crippen MR) is 59.8 cm³/mol. The van der Waals surface area contributed by atoms with E-state index in [0.717, 1.165) is 0 Å². The van der Waals surface area contributed by atoms with Crippen molar-refractivity contribution in [2.45, 2.75) is 13.8 Å². The molecule has 20 heavy (non-hydrogen) atoms.